The van der Waals surface area contributed by atoms with E-state index in [-0.39, 0.29) is 5.69 Å². The molecule has 0 saturated heterocycles. The number of ether oxygens (including phenoxy) is 1. The van der Waals surface area contributed by atoms with Crippen LogP contribution < -0.4 is 10.1 Å². The summed E-state index contributed by atoms with van der Waals surface area (Å²) in [6.07, 6.45) is 3.21. The molecule has 2 aromatic heterocycles. The number of nitrogens with one attached hydrogen (secondary N) is 1. The Kier molecular flexibility index (Phi) is 3.89. The minimum Gasteiger partial charge on any atom is -0.496 e. The van der Waals surface area contributed by atoms with E-state index in [1.807, 2.05) is 31.2 Å². The number of anilines is 1. The van der Waals surface area contributed by atoms with Gasteiger partial charge in [0.05, 0.1) is 7.11 Å². The van der Waals surface area contributed by atoms with E-state index in [0.717, 1.165) is 16.9 Å². The first-order valence-corrected chi connectivity index (χ1v) is 7.16. The Bertz CT molecular complexity index is 871. The zero-order valence-corrected chi connectivity index (χ0v) is 12.9. The van der Waals surface area contributed by atoms with Crippen LogP contribution in [0.5, 0.6) is 5.75 Å². The van der Waals surface area contributed by atoms with Crippen LogP contribution in [0, 0.1) is 6.92 Å². The van der Waals surface area contributed by atoms with Gasteiger partial charge >= 0.3 is 5.97 Å². The second-order valence-electron chi connectivity index (χ2n) is 5.26. The van der Waals surface area contributed by atoms with Gasteiger partial charge in [0.15, 0.2) is 0 Å². The summed E-state index contributed by atoms with van der Waals surface area (Å²) in [7, 11) is 1.64. The van der Waals surface area contributed by atoms with Crippen molar-refractivity contribution in [3.8, 4) is 5.75 Å². The fourth-order valence-electron chi connectivity index (χ4n) is 2.48. The molecule has 0 radical (unpaired) electrons. The van der Waals surface area contributed by atoms with Gasteiger partial charge in [-0.15, -0.1) is 0 Å². The Morgan fingerprint density at radius 1 is 1.35 bits per heavy atom. The fraction of sp³-hybridized carbons (Fsp3) is 0.176. The highest BCUT2D eigenvalue weighted by atomic mass is 16.5. The molecule has 0 amide bonds. The second-order valence-corrected chi connectivity index (χ2v) is 5.26. The number of hydrogen-bond acceptors (Lipinski definition) is 4. The van der Waals surface area contributed by atoms with Gasteiger partial charge in [0.2, 0.25) is 0 Å². The Hall–Kier alpha value is -3.02. The minimum absolute atomic E-state index is 0.165. The molecule has 0 spiro atoms. The molecule has 3 aromatic rings. The molecule has 0 saturated carbocycles. The van der Waals surface area contributed by atoms with Crippen molar-refractivity contribution >= 4 is 17.3 Å². The predicted molar refractivity (Wildman–Crippen MR) is 87.2 cm³/mol. The van der Waals surface area contributed by atoms with E-state index >= 15 is 0 Å². The zero-order valence-electron chi connectivity index (χ0n) is 12.9. The first-order chi connectivity index (χ1) is 11.1. The first-order valence-electron chi connectivity index (χ1n) is 7.16. The van der Waals surface area contributed by atoms with Crippen molar-refractivity contribution in [3.05, 3.63) is 59.5 Å². The monoisotopic (exact) mass is 311 g/mol. The predicted octanol–water partition coefficient (Wildman–Crippen LogP) is 2.96. The Morgan fingerprint density at radius 3 is 2.91 bits per heavy atom. The SMILES string of the molecule is COc1cc(C)ccc1CNc1cc(C(=O)O)n2ccnc2c1. The van der Waals surface area contributed by atoms with Gasteiger partial charge in [-0.1, -0.05) is 12.1 Å². The van der Waals surface area contributed by atoms with Gasteiger partial charge in [-0.25, -0.2) is 9.78 Å². The Morgan fingerprint density at radius 2 is 2.17 bits per heavy atom. The van der Waals surface area contributed by atoms with E-state index in [0.29, 0.717) is 17.9 Å². The molecule has 2 N–H and O–H groups in total. The number of nitrogens with zero attached hydrogens (tertiary/aromatic N) is 2. The quantitative estimate of drug-likeness (QED) is 0.757. The number of fused-ring (bicyclic) bond motifs is 1. The molecule has 0 unspecified atom stereocenters. The molecule has 6 nitrogen and oxygen atoms in total. The smallest absolute Gasteiger partial charge is 0.352 e. The molecule has 2 heterocycles. The highest BCUT2D eigenvalue weighted by molar-refractivity contribution is 5.88. The van der Waals surface area contributed by atoms with Gasteiger partial charge in [0.25, 0.3) is 0 Å². The average Bonchev–Trinajstić information content (AvgIpc) is 3.00. The van der Waals surface area contributed by atoms with Crippen molar-refractivity contribution < 1.29 is 14.6 Å². The molecule has 0 aliphatic heterocycles. The molecule has 0 bridgehead atoms. The van der Waals surface area contributed by atoms with Gasteiger partial charge in [-0.05, 0) is 24.6 Å². The number of imidazole rings is 1. The summed E-state index contributed by atoms with van der Waals surface area (Å²) in [6, 6.07) is 9.38. The third-order valence-corrected chi connectivity index (χ3v) is 3.65. The molecule has 6 heteroatoms. The third kappa shape index (κ3) is 2.96. The van der Waals surface area contributed by atoms with Gasteiger partial charge in [0.1, 0.15) is 17.1 Å². The van der Waals surface area contributed by atoms with Crippen LogP contribution in [-0.4, -0.2) is 27.6 Å². The largest absolute Gasteiger partial charge is 0.496 e. The summed E-state index contributed by atoms with van der Waals surface area (Å²) < 4.78 is 6.93. The van der Waals surface area contributed by atoms with Crippen molar-refractivity contribution in [1.82, 2.24) is 9.38 Å². The molecule has 23 heavy (non-hydrogen) atoms. The molecular weight excluding hydrogens is 294 g/mol. The van der Waals surface area contributed by atoms with Crippen LogP contribution in [0.1, 0.15) is 21.6 Å². The van der Waals surface area contributed by atoms with Gasteiger partial charge in [-0.2, -0.15) is 0 Å². The number of carboxylic acid groups (broad SMARTS) is 1. The summed E-state index contributed by atoms with van der Waals surface area (Å²) in [5.74, 6) is -0.192. The lowest BCUT2D eigenvalue weighted by molar-refractivity contribution is 0.0689. The number of aromatic nitrogens is 2. The number of carboxylic acids is 1. The molecule has 3 rings (SSSR count). The van der Waals surface area contributed by atoms with Gasteiger partial charge in [-0.3, -0.25) is 4.40 Å². The standard InChI is InChI=1S/C17H17N3O3/c1-11-3-4-12(15(7-11)23-2)10-19-13-8-14(17(21)22)20-6-5-18-16(20)9-13/h3-9,19H,10H2,1-2H3,(H,21,22). The maximum atomic E-state index is 11.4. The summed E-state index contributed by atoms with van der Waals surface area (Å²) in [5.41, 5.74) is 3.57. The summed E-state index contributed by atoms with van der Waals surface area (Å²) in [4.78, 5) is 15.5. The number of aryl methyl sites for hydroxylation is 1. The average molecular weight is 311 g/mol. The van der Waals surface area contributed by atoms with Crippen LogP contribution in [0.4, 0.5) is 5.69 Å². The van der Waals surface area contributed by atoms with Crippen molar-refractivity contribution in [2.24, 2.45) is 0 Å². The molecule has 118 valence electrons. The summed E-state index contributed by atoms with van der Waals surface area (Å²) in [5, 5.41) is 12.6. The minimum atomic E-state index is -0.996. The number of methoxy groups -OCH3 is 1. The summed E-state index contributed by atoms with van der Waals surface area (Å²) >= 11 is 0. The van der Waals surface area contributed by atoms with Crippen LogP contribution >= 0.6 is 0 Å². The molecule has 1 aromatic carbocycles. The Labute approximate surface area is 133 Å². The van der Waals surface area contributed by atoms with Gasteiger partial charge < -0.3 is 15.2 Å². The van der Waals surface area contributed by atoms with Crippen molar-refractivity contribution in [3.63, 3.8) is 0 Å². The zero-order chi connectivity index (χ0) is 16.4. The number of benzene rings is 1. The molecule has 0 aliphatic carbocycles. The highest BCUT2D eigenvalue weighted by Gasteiger charge is 2.11. The second kappa shape index (κ2) is 6.00. The van der Waals surface area contributed by atoms with Crippen LogP contribution in [0.3, 0.4) is 0 Å². The van der Waals surface area contributed by atoms with E-state index < -0.39 is 5.97 Å². The molecule has 0 atom stereocenters. The first kappa shape index (κ1) is 14.9. The van der Waals surface area contributed by atoms with E-state index in [1.54, 1.807) is 30.0 Å². The van der Waals surface area contributed by atoms with E-state index in [2.05, 4.69) is 10.3 Å². The molecular formula is C17H17N3O3. The Balaban J connectivity index is 1.89. The maximum Gasteiger partial charge on any atom is 0.352 e. The van der Waals surface area contributed by atoms with Crippen molar-refractivity contribution in [1.29, 1.82) is 0 Å². The number of carbonyl (C=O) groups is 1. The van der Waals surface area contributed by atoms with Gasteiger partial charge in [0, 0.05) is 36.3 Å². The summed E-state index contributed by atoms with van der Waals surface area (Å²) in [6.45, 7) is 2.53. The lowest BCUT2D eigenvalue weighted by Crippen LogP contribution is -2.08. The normalized spacial score (nSPS) is 10.7. The fourth-order valence-corrected chi connectivity index (χ4v) is 2.48. The topological polar surface area (TPSA) is 75.9 Å². The number of hydrogen-bond donors (Lipinski definition) is 2. The van der Waals surface area contributed by atoms with E-state index in [1.165, 1.54) is 0 Å². The number of pyridine rings is 1. The van der Waals surface area contributed by atoms with Crippen LogP contribution in [0.2, 0.25) is 0 Å². The van der Waals surface area contributed by atoms with E-state index in [9.17, 15) is 9.90 Å². The van der Waals surface area contributed by atoms with E-state index in [4.69, 9.17) is 4.74 Å². The highest BCUT2D eigenvalue weighted by Crippen LogP contribution is 2.22. The number of aromatic carboxylic acids is 1. The lowest BCUT2D eigenvalue weighted by Gasteiger charge is -2.12. The van der Waals surface area contributed by atoms with Crippen molar-refractivity contribution in [2.75, 3.05) is 12.4 Å². The van der Waals surface area contributed by atoms with Crippen molar-refractivity contribution in [2.45, 2.75) is 13.5 Å². The van der Waals surface area contributed by atoms with Crippen LogP contribution in [0.25, 0.3) is 5.65 Å². The van der Waals surface area contributed by atoms with Crippen LogP contribution in [-0.2, 0) is 6.54 Å². The third-order valence-electron chi connectivity index (χ3n) is 3.65. The maximum absolute atomic E-state index is 11.4. The molecule has 0 aliphatic rings. The molecule has 0 fully saturated rings. The lowest BCUT2D eigenvalue weighted by atomic mass is 10.1. The number of rotatable bonds is 5. The van der Waals surface area contributed by atoms with Crippen LogP contribution in [0.15, 0.2) is 42.7 Å².